The number of aliphatic hydroxyl groups excluding tert-OH is 1. The average Bonchev–Trinajstić information content (AvgIpc) is 3.04. The van der Waals surface area contributed by atoms with Crippen molar-refractivity contribution < 1.29 is 19.3 Å². The van der Waals surface area contributed by atoms with Crippen molar-refractivity contribution in [2.45, 2.75) is 39.2 Å². The second-order valence-electron chi connectivity index (χ2n) is 6.29. The minimum absolute atomic E-state index is 0.299. The lowest BCUT2D eigenvalue weighted by molar-refractivity contribution is 0.0982. The highest BCUT2D eigenvalue weighted by Gasteiger charge is 2.13. The quantitative estimate of drug-likeness (QED) is 0.840. The molecule has 128 valence electrons. The number of hydrogen-bond donors (Lipinski definition) is 1. The average molecular weight is 328 g/mol. The molecule has 0 unspecified atom stereocenters. The first kappa shape index (κ1) is 16.7. The summed E-state index contributed by atoms with van der Waals surface area (Å²) in [6, 6.07) is 12.0. The molecular weight excluding hydrogens is 304 g/mol. The Labute approximate surface area is 143 Å². The molecule has 0 radical (unpaired) electrons. The molecule has 0 amide bonds. The second-order valence-corrected chi connectivity index (χ2v) is 6.29. The molecule has 24 heavy (non-hydrogen) atoms. The van der Waals surface area contributed by atoms with E-state index in [0.29, 0.717) is 19.8 Å². The van der Waals surface area contributed by atoms with Crippen LogP contribution < -0.4 is 14.2 Å². The molecule has 0 bridgehead atoms. The van der Waals surface area contributed by atoms with Gasteiger partial charge in [0.25, 0.3) is 0 Å². The lowest BCUT2D eigenvalue weighted by atomic mass is 10.1. The molecule has 1 heterocycles. The Balaban J connectivity index is 1.41. The smallest absolute Gasteiger partial charge is 0.231 e. The molecule has 0 aliphatic carbocycles. The summed E-state index contributed by atoms with van der Waals surface area (Å²) >= 11 is 0. The molecule has 3 rings (SSSR count). The molecule has 0 spiro atoms. The first-order valence-electron chi connectivity index (χ1n) is 8.38. The first-order chi connectivity index (χ1) is 11.6. The van der Waals surface area contributed by atoms with E-state index in [1.54, 1.807) is 0 Å². The summed E-state index contributed by atoms with van der Waals surface area (Å²) in [5.41, 5.74) is 3.64. The molecule has 0 aromatic heterocycles. The normalized spacial score (nSPS) is 13.8. The Morgan fingerprint density at radius 3 is 2.71 bits per heavy atom. The molecule has 1 aliphatic rings. The fraction of sp³-hybridized carbons (Fsp3) is 0.400. The van der Waals surface area contributed by atoms with Crippen molar-refractivity contribution in [2.24, 2.45) is 0 Å². The highest BCUT2D eigenvalue weighted by molar-refractivity contribution is 5.44. The van der Waals surface area contributed by atoms with Crippen molar-refractivity contribution in [3.05, 3.63) is 53.1 Å². The van der Waals surface area contributed by atoms with Gasteiger partial charge >= 0.3 is 0 Å². The van der Waals surface area contributed by atoms with E-state index < -0.39 is 6.10 Å². The number of fused-ring (bicyclic) bond motifs is 1. The van der Waals surface area contributed by atoms with Gasteiger partial charge in [-0.05, 0) is 74.1 Å². The van der Waals surface area contributed by atoms with Crippen LogP contribution in [0.3, 0.4) is 0 Å². The van der Waals surface area contributed by atoms with E-state index in [-0.39, 0.29) is 0 Å². The molecule has 1 atom stereocenters. The van der Waals surface area contributed by atoms with Crippen LogP contribution in [0, 0.1) is 13.8 Å². The highest BCUT2D eigenvalue weighted by atomic mass is 16.7. The summed E-state index contributed by atoms with van der Waals surface area (Å²) in [7, 11) is 0. The van der Waals surface area contributed by atoms with Gasteiger partial charge in [-0.15, -0.1) is 0 Å². The third-order valence-electron chi connectivity index (χ3n) is 4.36. The van der Waals surface area contributed by atoms with E-state index in [0.717, 1.165) is 30.1 Å². The van der Waals surface area contributed by atoms with Crippen LogP contribution in [0.2, 0.25) is 0 Å². The Kier molecular flexibility index (Phi) is 5.26. The fourth-order valence-corrected chi connectivity index (χ4v) is 2.72. The predicted octanol–water partition coefficient (Wildman–Crippen LogP) is 3.79. The number of aryl methyl sites for hydroxylation is 3. The van der Waals surface area contributed by atoms with Crippen molar-refractivity contribution >= 4 is 0 Å². The highest BCUT2D eigenvalue weighted by Crippen LogP contribution is 2.32. The van der Waals surface area contributed by atoms with Crippen LogP contribution in [0.5, 0.6) is 17.2 Å². The van der Waals surface area contributed by atoms with Crippen LogP contribution in [-0.2, 0) is 6.42 Å². The molecule has 1 aliphatic heterocycles. The third kappa shape index (κ3) is 4.20. The van der Waals surface area contributed by atoms with Gasteiger partial charge in [-0.2, -0.15) is 0 Å². The Bertz CT molecular complexity index is 696. The minimum Gasteiger partial charge on any atom is -0.491 e. The molecule has 0 saturated heterocycles. The van der Waals surface area contributed by atoms with Crippen LogP contribution in [0.4, 0.5) is 0 Å². The zero-order valence-corrected chi connectivity index (χ0v) is 14.2. The number of hydrogen-bond acceptors (Lipinski definition) is 4. The Morgan fingerprint density at radius 2 is 1.88 bits per heavy atom. The van der Waals surface area contributed by atoms with Crippen LogP contribution in [0.15, 0.2) is 36.4 Å². The van der Waals surface area contributed by atoms with Crippen molar-refractivity contribution in [3.8, 4) is 17.2 Å². The van der Waals surface area contributed by atoms with Crippen LogP contribution >= 0.6 is 0 Å². The van der Waals surface area contributed by atoms with Gasteiger partial charge in [0.2, 0.25) is 6.79 Å². The van der Waals surface area contributed by atoms with E-state index in [9.17, 15) is 5.11 Å². The van der Waals surface area contributed by atoms with Gasteiger partial charge in [-0.25, -0.2) is 0 Å². The largest absolute Gasteiger partial charge is 0.491 e. The second kappa shape index (κ2) is 7.58. The van der Waals surface area contributed by atoms with Crippen molar-refractivity contribution in [1.82, 2.24) is 0 Å². The van der Waals surface area contributed by atoms with Gasteiger partial charge in [0.05, 0.1) is 6.10 Å². The minimum atomic E-state index is -0.458. The maximum absolute atomic E-state index is 10.1. The molecule has 1 N–H and O–H groups in total. The maximum atomic E-state index is 10.1. The van der Waals surface area contributed by atoms with Crippen LogP contribution in [0.1, 0.15) is 29.5 Å². The predicted molar refractivity (Wildman–Crippen MR) is 92.9 cm³/mol. The molecule has 0 saturated carbocycles. The van der Waals surface area contributed by atoms with E-state index in [1.807, 2.05) is 36.4 Å². The van der Waals surface area contributed by atoms with Crippen LogP contribution in [0.25, 0.3) is 0 Å². The summed E-state index contributed by atoms with van der Waals surface area (Å²) in [5.74, 6) is 2.43. The SMILES string of the molecule is Cc1ccc(OC[C@@H](O)CCCc2ccc3c(c2)OCO3)cc1C. The topological polar surface area (TPSA) is 47.9 Å². The maximum Gasteiger partial charge on any atom is 0.231 e. The number of aliphatic hydroxyl groups is 1. The zero-order chi connectivity index (χ0) is 16.9. The Hall–Kier alpha value is -2.20. The number of ether oxygens (including phenoxy) is 3. The van der Waals surface area contributed by atoms with Gasteiger partial charge in [-0.3, -0.25) is 0 Å². The van der Waals surface area contributed by atoms with Crippen molar-refractivity contribution in [3.63, 3.8) is 0 Å². The van der Waals surface area contributed by atoms with Crippen LogP contribution in [-0.4, -0.2) is 24.6 Å². The van der Waals surface area contributed by atoms with Crippen molar-refractivity contribution in [2.75, 3.05) is 13.4 Å². The molecule has 2 aromatic rings. The van der Waals surface area contributed by atoms with E-state index in [1.165, 1.54) is 16.7 Å². The summed E-state index contributed by atoms with van der Waals surface area (Å²) in [5, 5.41) is 10.1. The molecule has 0 fully saturated rings. The van der Waals surface area contributed by atoms with Gasteiger partial charge < -0.3 is 19.3 Å². The first-order valence-corrected chi connectivity index (χ1v) is 8.38. The van der Waals surface area contributed by atoms with Crippen molar-refractivity contribution in [1.29, 1.82) is 0 Å². The van der Waals surface area contributed by atoms with E-state index in [2.05, 4.69) is 13.8 Å². The van der Waals surface area contributed by atoms with Gasteiger partial charge in [0.1, 0.15) is 12.4 Å². The van der Waals surface area contributed by atoms with Gasteiger partial charge in [0.15, 0.2) is 11.5 Å². The summed E-state index contributed by atoms with van der Waals surface area (Å²) in [4.78, 5) is 0. The fourth-order valence-electron chi connectivity index (χ4n) is 2.72. The summed E-state index contributed by atoms with van der Waals surface area (Å²) in [6.45, 7) is 4.76. The molecule has 4 nitrogen and oxygen atoms in total. The summed E-state index contributed by atoms with van der Waals surface area (Å²) in [6.07, 6.45) is 2.05. The molecule has 4 heteroatoms. The lowest BCUT2D eigenvalue weighted by Crippen LogP contribution is -2.17. The summed E-state index contributed by atoms with van der Waals surface area (Å²) < 4.78 is 16.4. The lowest BCUT2D eigenvalue weighted by Gasteiger charge is -2.13. The molecular formula is C20H24O4. The Morgan fingerprint density at radius 1 is 1.04 bits per heavy atom. The number of benzene rings is 2. The van der Waals surface area contributed by atoms with E-state index >= 15 is 0 Å². The third-order valence-corrected chi connectivity index (χ3v) is 4.36. The van der Waals surface area contributed by atoms with Gasteiger partial charge in [-0.1, -0.05) is 12.1 Å². The van der Waals surface area contributed by atoms with Gasteiger partial charge in [0, 0.05) is 0 Å². The molecule has 2 aromatic carbocycles. The monoisotopic (exact) mass is 328 g/mol. The standard InChI is InChI=1S/C20H24O4/c1-14-6-8-18(10-15(14)2)22-12-17(21)5-3-4-16-7-9-19-20(11-16)24-13-23-19/h6-11,17,21H,3-5,12-13H2,1-2H3/t17-/m0/s1. The van der Waals surface area contributed by atoms with E-state index in [4.69, 9.17) is 14.2 Å². The zero-order valence-electron chi connectivity index (χ0n) is 14.2. The number of rotatable bonds is 7.